The molecule has 1 fully saturated rings. The average molecular weight is 354 g/mol. The molecule has 0 spiro atoms. The van der Waals surface area contributed by atoms with Crippen LogP contribution in [-0.4, -0.2) is 54.3 Å². The maximum atomic E-state index is 4.50. The molecule has 0 aromatic carbocycles. The highest BCUT2D eigenvalue weighted by atomic mass is 15.3. The summed E-state index contributed by atoms with van der Waals surface area (Å²) in [4.78, 5) is 15.8. The van der Waals surface area contributed by atoms with Gasteiger partial charge in [0.15, 0.2) is 11.5 Å². The maximum Gasteiger partial charge on any atom is 0.165 e. The fourth-order valence-electron chi connectivity index (χ4n) is 4.08. The van der Waals surface area contributed by atoms with Crippen molar-refractivity contribution in [1.82, 2.24) is 34.2 Å². The highest BCUT2D eigenvalue weighted by molar-refractivity contribution is 5.82. The van der Waals surface area contributed by atoms with E-state index in [2.05, 4.69) is 50.3 Å². The summed E-state index contributed by atoms with van der Waals surface area (Å²) in [6.45, 7) is 4.91. The van der Waals surface area contributed by atoms with Gasteiger partial charge in [0, 0.05) is 26.3 Å². The summed E-state index contributed by atoms with van der Waals surface area (Å²) >= 11 is 0. The Labute approximate surface area is 153 Å². The Hall–Kier alpha value is -2.48. The maximum absolute atomic E-state index is 4.50. The molecular weight excluding hydrogens is 328 g/mol. The normalized spacial score (nSPS) is 21.3. The zero-order valence-corrected chi connectivity index (χ0v) is 15.6. The molecule has 0 saturated carbocycles. The van der Waals surface area contributed by atoms with Crippen LogP contribution in [0.25, 0.3) is 11.2 Å². The molecular formula is C18H26N8. The molecule has 3 aromatic rings. The predicted molar refractivity (Wildman–Crippen MR) is 101 cm³/mol. The van der Waals surface area contributed by atoms with Gasteiger partial charge in [-0.1, -0.05) is 0 Å². The molecule has 26 heavy (non-hydrogen) atoms. The number of nitrogens with zero attached hydrogens (tertiary/aromatic N) is 7. The predicted octanol–water partition coefficient (Wildman–Crippen LogP) is 2.07. The van der Waals surface area contributed by atoms with Crippen molar-refractivity contribution in [2.75, 3.05) is 25.5 Å². The van der Waals surface area contributed by atoms with Crippen molar-refractivity contribution in [2.24, 2.45) is 13.0 Å². The first-order chi connectivity index (χ1) is 12.7. The van der Waals surface area contributed by atoms with Crippen LogP contribution in [0.3, 0.4) is 0 Å². The molecule has 1 saturated heterocycles. The van der Waals surface area contributed by atoms with Crippen LogP contribution in [-0.2, 0) is 13.6 Å². The zero-order valence-electron chi connectivity index (χ0n) is 15.6. The number of rotatable bonds is 5. The van der Waals surface area contributed by atoms with Gasteiger partial charge in [-0.25, -0.2) is 15.0 Å². The average Bonchev–Trinajstić information content (AvgIpc) is 3.26. The van der Waals surface area contributed by atoms with Crippen LogP contribution in [0, 0.1) is 5.92 Å². The van der Waals surface area contributed by atoms with E-state index in [1.807, 2.05) is 28.8 Å². The van der Waals surface area contributed by atoms with Crippen LogP contribution >= 0.6 is 0 Å². The molecule has 0 unspecified atom stereocenters. The SMILES string of the molecule is CCn1cnc2c(NC[C@@H]3CCCN(C)[C@H]3c3ccnn3C)ncnc21. The summed E-state index contributed by atoms with van der Waals surface area (Å²) in [5.41, 5.74) is 2.99. The summed E-state index contributed by atoms with van der Waals surface area (Å²) in [6.07, 6.45) is 7.72. The molecule has 3 aromatic heterocycles. The van der Waals surface area contributed by atoms with Crippen molar-refractivity contribution in [3.05, 3.63) is 30.6 Å². The molecule has 4 rings (SSSR count). The summed E-state index contributed by atoms with van der Waals surface area (Å²) < 4.78 is 4.03. The second-order valence-corrected chi connectivity index (χ2v) is 7.01. The molecule has 138 valence electrons. The van der Waals surface area contributed by atoms with Gasteiger partial charge in [-0.2, -0.15) is 5.10 Å². The lowest BCUT2D eigenvalue weighted by molar-refractivity contribution is 0.121. The van der Waals surface area contributed by atoms with E-state index in [0.29, 0.717) is 12.0 Å². The number of hydrogen-bond donors (Lipinski definition) is 1. The van der Waals surface area contributed by atoms with Gasteiger partial charge in [0.25, 0.3) is 0 Å². The molecule has 0 aliphatic carbocycles. The second-order valence-electron chi connectivity index (χ2n) is 7.01. The lowest BCUT2D eigenvalue weighted by atomic mass is 9.87. The standard InChI is InChI=1S/C18H26N8/c1-4-26-12-22-15-17(20-11-21-18(15)26)19-10-13-6-5-9-24(2)16(13)14-7-8-23-25(14)3/h7-8,11-13,16H,4-6,9-10H2,1-3H3,(H,19,20,21)/t13-,16+/m0/s1. The first-order valence-electron chi connectivity index (χ1n) is 9.27. The molecule has 0 amide bonds. The van der Waals surface area contributed by atoms with E-state index in [4.69, 9.17) is 0 Å². The van der Waals surface area contributed by atoms with E-state index in [0.717, 1.165) is 36.6 Å². The Morgan fingerprint density at radius 1 is 1.23 bits per heavy atom. The van der Waals surface area contributed by atoms with E-state index in [1.165, 1.54) is 18.5 Å². The van der Waals surface area contributed by atoms with Crippen molar-refractivity contribution >= 4 is 17.0 Å². The number of aryl methyl sites for hydroxylation is 2. The lowest BCUT2D eigenvalue weighted by Gasteiger charge is -2.39. The van der Waals surface area contributed by atoms with E-state index in [1.54, 1.807) is 6.33 Å². The summed E-state index contributed by atoms with van der Waals surface area (Å²) in [7, 11) is 4.23. The topological polar surface area (TPSA) is 76.7 Å². The van der Waals surface area contributed by atoms with Gasteiger partial charge in [-0.05, 0) is 45.3 Å². The summed E-state index contributed by atoms with van der Waals surface area (Å²) in [5.74, 6) is 1.31. The van der Waals surface area contributed by atoms with Gasteiger partial charge in [-0.15, -0.1) is 0 Å². The number of aromatic nitrogens is 6. The lowest BCUT2D eigenvalue weighted by Crippen LogP contribution is -2.40. The molecule has 2 atom stereocenters. The van der Waals surface area contributed by atoms with Gasteiger partial charge in [-0.3, -0.25) is 9.58 Å². The minimum absolute atomic E-state index is 0.356. The smallest absolute Gasteiger partial charge is 0.165 e. The highest BCUT2D eigenvalue weighted by Crippen LogP contribution is 2.35. The van der Waals surface area contributed by atoms with Crippen LogP contribution < -0.4 is 5.32 Å². The quantitative estimate of drug-likeness (QED) is 0.756. The molecule has 4 heterocycles. The third-order valence-corrected chi connectivity index (χ3v) is 5.44. The Bertz CT molecular complexity index is 882. The van der Waals surface area contributed by atoms with Crippen molar-refractivity contribution < 1.29 is 0 Å². The number of nitrogens with one attached hydrogen (secondary N) is 1. The minimum atomic E-state index is 0.356. The van der Waals surface area contributed by atoms with Gasteiger partial charge >= 0.3 is 0 Å². The Morgan fingerprint density at radius 3 is 2.88 bits per heavy atom. The number of hydrogen-bond acceptors (Lipinski definition) is 6. The van der Waals surface area contributed by atoms with Crippen molar-refractivity contribution in [3.8, 4) is 0 Å². The molecule has 0 bridgehead atoms. The van der Waals surface area contributed by atoms with Crippen molar-refractivity contribution in [1.29, 1.82) is 0 Å². The van der Waals surface area contributed by atoms with Crippen LogP contribution in [0.2, 0.25) is 0 Å². The number of anilines is 1. The van der Waals surface area contributed by atoms with Gasteiger partial charge in [0.2, 0.25) is 0 Å². The van der Waals surface area contributed by atoms with Crippen molar-refractivity contribution in [3.63, 3.8) is 0 Å². The van der Waals surface area contributed by atoms with E-state index in [9.17, 15) is 0 Å². The number of fused-ring (bicyclic) bond motifs is 1. The largest absolute Gasteiger partial charge is 0.368 e. The fraction of sp³-hybridized carbons (Fsp3) is 0.556. The Morgan fingerprint density at radius 2 is 2.12 bits per heavy atom. The minimum Gasteiger partial charge on any atom is -0.368 e. The third kappa shape index (κ3) is 2.94. The molecule has 1 aliphatic heterocycles. The van der Waals surface area contributed by atoms with E-state index >= 15 is 0 Å². The number of piperidine rings is 1. The van der Waals surface area contributed by atoms with Gasteiger partial charge < -0.3 is 9.88 Å². The van der Waals surface area contributed by atoms with Gasteiger partial charge in [0.05, 0.1) is 18.1 Å². The Balaban J connectivity index is 1.56. The fourth-order valence-corrected chi connectivity index (χ4v) is 4.08. The monoisotopic (exact) mass is 354 g/mol. The van der Waals surface area contributed by atoms with Crippen LogP contribution in [0.15, 0.2) is 24.9 Å². The van der Waals surface area contributed by atoms with Gasteiger partial charge in [0.1, 0.15) is 11.8 Å². The number of imidazole rings is 1. The Kier molecular flexibility index (Phi) is 4.58. The first kappa shape index (κ1) is 17.0. The summed E-state index contributed by atoms with van der Waals surface area (Å²) in [5, 5.41) is 7.91. The molecule has 8 heteroatoms. The van der Waals surface area contributed by atoms with Crippen LogP contribution in [0.5, 0.6) is 0 Å². The van der Waals surface area contributed by atoms with E-state index in [-0.39, 0.29) is 0 Å². The molecule has 0 radical (unpaired) electrons. The van der Waals surface area contributed by atoms with Crippen LogP contribution in [0.4, 0.5) is 5.82 Å². The first-order valence-corrected chi connectivity index (χ1v) is 9.27. The van der Waals surface area contributed by atoms with Crippen LogP contribution in [0.1, 0.15) is 31.5 Å². The third-order valence-electron chi connectivity index (χ3n) is 5.44. The number of likely N-dealkylation sites (tertiary alicyclic amines) is 1. The molecule has 1 aliphatic rings. The zero-order chi connectivity index (χ0) is 18.1. The van der Waals surface area contributed by atoms with Crippen molar-refractivity contribution in [2.45, 2.75) is 32.4 Å². The molecule has 1 N–H and O–H groups in total. The second kappa shape index (κ2) is 7.03. The highest BCUT2D eigenvalue weighted by Gasteiger charge is 2.32. The summed E-state index contributed by atoms with van der Waals surface area (Å²) in [6, 6.07) is 2.49. The molecule has 8 nitrogen and oxygen atoms in total. The van der Waals surface area contributed by atoms with E-state index < -0.39 is 0 Å².